The van der Waals surface area contributed by atoms with Gasteiger partial charge in [0.25, 0.3) is 5.91 Å². The van der Waals surface area contributed by atoms with Crippen LogP contribution in [-0.4, -0.2) is 35.4 Å². The van der Waals surface area contributed by atoms with Gasteiger partial charge in [0.2, 0.25) is 5.91 Å². The molecular formula is C30H36N2O3. The second-order valence-electron chi connectivity index (χ2n) is 9.48. The summed E-state index contributed by atoms with van der Waals surface area (Å²) < 4.78 is 6.03. The number of aryl methyl sites for hydroxylation is 1. The zero-order valence-corrected chi connectivity index (χ0v) is 20.8. The minimum Gasteiger partial charge on any atom is -0.483 e. The van der Waals surface area contributed by atoms with Gasteiger partial charge in [0, 0.05) is 18.0 Å². The first kappa shape index (κ1) is 24.8. The lowest BCUT2D eigenvalue weighted by atomic mass is 9.95. The maximum absolute atomic E-state index is 13.6. The lowest BCUT2D eigenvalue weighted by Crippen LogP contribution is -2.52. The number of nitrogens with one attached hydrogen (secondary N) is 1. The van der Waals surface area contributed by atoms with Crippen molar-refractivity contribution < 1.29 is 14.3 Å². The van der Waals surface area contributed by atoms with E-state index in [4.69, 9.17) is 4.74 Å². The summed E-state index contributed by atoms with van der Waals surface area (Å²) in [5, 5.41) is 5.26. The molecule has 5 nitrogen and oxygen atoms in total. The Bertz CT molecular complexity index is 1150. The summed E-state index contributed by atoms with van der Waals surface area (Å²) in [5.41, 5.74) is 2.14. The fraction of sp³-hybridized carbons (Fsp3) is 0.400. The zero-order chi connectivity index (χ0) is 24.6. The van der Waals surface area contributed by atoms with Gasteiger partial charge in [-0.1, -0.05) is 86.8 Å². The van der Waals surface area contributed by atoms with E-state index in [0.29, 0.717) is 18.7 Å². The maximum atomic E-state index is 13.6. The number of amides is 2. The van der Waals surface area contributed by atoms with Gasteiger partial charge in [-0.3, -0.25) is 9.59 Å². The van der Waals surface area contributed by atoms with Gasteiger partial charge in [-0.25, -0.2) is 0 Å². The standard InChI is InChI=1S/C30H36N2O3/c1-3-27(30(34)31-25-16-5-4-6-17-25)32(20-24-14-8-7-12-22(24)2)29(33)21-35-28-19-11-15-23-13-9-10-18-26(23)28/h7-15,18-19,25,27H,3-6,16-17,20-21H2,1-2H3,(H,31,34)/t27-/m1/s1. The number of carbonyl (C=O) groups is 2. The molecule has 0 bridgehead atoms. The number of ether oxygens (including phenoxy) is 1. The van der Waals surface area contributed by atoms with Crippen LogP contribution in [-0.2, 0) is 16.1 Å². The highest BCUT2D eigenvalue weighted by atomic mass is 16.5. The Morgan fingerprint density at radius 1 is 0.971 bits per heavy atom. The fourth-order valence-corrected chi connectivity index (χ4v) is 4.98. The molecule has 35 heavy (non-hydrogen) atoms. The molecule has 0 aromatic heterocycles. The van der Waals surface area contributed by atoms with Crippen LogP contribution in [0.2, 0.25) is 0 Å². The lowest BCUT2D eigenvalue weighted by molar-refractivity contribution is -0.143. The molecule has 1 atom stereocenters. The second kappa shape index (κ2) is 11.9. The third-order valence-corrected chi connectivity index (χ3v) is 7.04. The molecule has 3 aromatic rings. The Labute approximate surface area is 208 Å². The van der Waals surface area contributed by atoms with Crippen LogP contribution in [0.3, 0.4) is 0 Å². The van der Waals surface area contributed by atoms with Gasteiger partial charge >= 0.3 is 0 Å². The molecule has 0 aliphatic heterocycles. The maximum Gasteiger partial charge on any atom is 0.261 e. The van der Waals surface area contributed by atoms with E-state index in [1.807, 2.05) is 80.6 Å². The second-order valence-corrected chi connectivity index (χ2v) is 9.48. The number of hydrogen-bond donors (Lipinski definition) is 1. The number of benzene rings is 3. The van der Waals surface area contributed by atoms with Crippen molar-refractivity contribution in [2.24, 2.45) is 0 Å². The van der Waals surface area contributed by atoms with Crippen LogP contribution in [0.5, 0.6) is 5.75 Å². The summed E-state index contributed by atoms with van der Waals surface area (Å²) in [6, 6.07) is 21.5. The third-order valence-electron chi connectivity index (χ3n) is 7.04. The fourth-order valence-electron chi connectivity index (χ4n) is 4.98. The Kier molecular flexibility index (Phi) is 8.40. The summed E-state index contributed by atoms with van der Waals surface area (Å²) in [6.45, 7) is 4.26. The summed E-state index contributed by atoms with van der Waals surface area (Å²) in [5.74, 6) is 0.422. The van der Waals surface area contributed by atoms with E-state index in [-0.39, 0.29) is 24.5 Å². The van der Waals surface area contributed by atoms with Crippen LogP contribution >= 0.6 is 0 Å². The predicted octanol–water partition coefficient (Wildman–Crippen LogP) is 5.78. The van der Waals surface area contributed by atoms with Crippen molar-refractivity contribution in [3.63, 3.8) is 0 Å². The van der Waals surface area contributed by atoms with E-state index in [1.54, 1.807) is 4.90 Å². The number of rotatable bonds is 9. The summed E-state index contributed by atoms with van der Waals surface area (Å²) in [6.07, 6.45) is 6.09. The molecule has 0 spiro atoms. The van der Waals surface area contributed by atoms with Crippen LogP contribution in [0.4, 0.5) is 0 Å². The molecule has 1 aliphatic rings. The highest BCUT2D eigenvalue weighted by molar-refractivity contribution is 5.90. The first-order chi connectivity index (χ1) is 17.1. The molecule has 1 fully saturated rings. The predicted molar refractivity (Wildman–Crippen MR) is 140 cm³/mol. The molecule has 0 unspecified atom stereocenters. The molecule has 0 radical (unpaired) electrons. The molecule has 1 N–H and O–H groups in total. The van der Waals surface area contributed by atoms with E-state index in [2.05, 4.69) is 5.32 Å². The van der Waals surface area contributed by atoms with E-state index in [9.17, 15) is 9.59 Å². The largest absolute Gasteiger partial charge is 0.483 e. The quantitative estimate of drug-likeness (QED) is 0.429. The van der Waals surface area contributed by atoms with E-state index >= 15 is 0 Å². The monoisotopic (exact) mass is 472 g/mol. The molecule has 3 aromatic carbocycles. The van der Waals surface area contributed by atoms with Crippen molar-refractivity contribution >= 4 is 22.6 Å². The van der Waals surface area contributed by atoms with Gasteiger partial charge in [-0.15, -0.1) is 0 Å². The normalized spacial score (nSPS) is 14.9. The Hall–Kier alpha value is -3.34. The average Bonchev–Trinajstić information content (AvgIpc) is 2.88. The summed E-state index contributed by atoms with van der Waals surface area (Å²) >= 11 is 0. The minimum atomic E-state index is -0.542. The summed E-state index contributed by atoms with van der Waals surface area (Å²) in [4.78, 5) is 28.7. The SMILES string of the molecule is CC[C@H](C(=O)NC1CCCCC1)N(Cc1ccccc1C)C(=O)COc1cccc2ccccc12. The third kappa shape index (κ3) is 6.21. The first-order valence-corrected chi connectivity index (χ1v) is 12.8. The molecule has 1 saturated carbocycles. The van der Waals surface area contributed by atoms with Crippen LogP contribution in [0.15, 0.2) is 66.7 Å². The lowest BCUT2D eigenvalue weighted by Gasteiger charge is -2.33. The van der Waals surface area contributed by atoms with Gasteiger partial charge in [0.05, 0.1) is 0 Å². The number of hydrogen-bond acceptors (Lipinski definition) is 3. The Morgan fingerprint density at radius 3 is 2.46 bits per heavy atom. The van der Waals surface area contributed by atoms with Gasteiger partial charge in [0.1, 0.15) is 11.8 Å². The molecule has 0 saturated heterocycles. The van der Waals surface area contributed by atoms with Crippen molar-refractivity contribution in [2.45, 2.75) is 71.0 Å². The molecule has 184 valence electrons. The van der Waals surface area contributed by atoms with Crippen molar-refractivity contribution in [1.82, 2.24) is 10.2 Å². The van der Waals surface area contributed by atoms with Crippen LogP contribution in [0.1, 0.15) is 56.6 Å². The molecule has 4 rings (SSSR count). The van der Waals surface area contributed by atoms with E-state index in [1.165, 1.54) is 6.42 Å². The van der Waals surface area contributed by atoms with Crippen molar-refractivity contribution in [3.8, 4) is 5.75 Å². The summed E-state index contributed by atoms with van der Waals surface area (Å²) in [7, 11) is 0. The van der Waals surface area contributed by atoms with Gasteiger partial charge < -0.3 is 15.0 Å². The van der Waals surface area contributed by atoms with Crippen molar-refractivity contribution in [1.29, 1.82) is 0 Å². The number of carbonyl (C=O) groups excluding carboxylic acids is 2. The Morgan fingerprint density at radius 2 is 1.69 bits per heavy atom. The smallest absolute Gasteiger partial charge is 0.261 e. The molecule has 1 aliphatic carbocycles. The first-order valence-electron chi connectivity index (χ1n) is 12.8. The minimum absolute atomic E-state index is 0.0634. The van der Waals surface area contributed by atoms with Gasteiger partial charge in [-0.2, -0.15) is 0 Å². The van der Waals surface area contributed by atoms with Crippen molar-refractivity contribution in [3.05, 3.63) is 77.9 Å². The van der Waals surface area contributed by atoms with Crippen LogP contribution in [0, 0.1) is 6.92 Å². The molecule has 5 heteroatoms. The zero-order valence-electron chi connectivity index (χ0n) is 20.8. The number of fused-ring (bicyclic) bond motifs is 1. The van der Waals surface area contributed by atoms with Gasteiger partial charge in [0.15, 0.2) is 6.61 Å². The Balaban J connectivity index is 1.54. The van der Waals surface area contributed by atoms with E-state index in [0.717, 1.165) is 47.6 Å². The van der Waals surface area contributed by atoms with Crippen LogP contribution in [0.25, 0.3) is 10.8 Å². The van der Waals surface area contributed by atoms with Crippen LogP contribution < -0.4 is 10.1 Å². The average molecular weight is 473 g/mol. The van der Waals surface area contributed by atoms with E-state index < -0.39 is 6.04 Å². The van der Waals surface area contributed by atoms with Gasteiger partial charge in [-0.05, 0) is 48.8 Å². The molecule has 0 heterocycles. The molecular weight excluding hydrogens is 436 g/mol. The van der Waals surface area contributed by atoms with Crippen molar-refractivity contribution in [2.75, 3.05) is 6.61 Å². The topological polar surface area (TPSA) is 58.6 Å². The highest BCUT2D eigenvalue weighted by Crippen LogP contribution is 2.26. The molecule has 2 amide bonds. The number of nitrogens with zero attached hydrogens (tertiary/aromatic N) is 1. The highest BCUT2D eigenvalue weighted by Gasteiger charge is 2.31.